The topological polar surface area (TPSA) is 105 Å². The zero-order valence-corrected chi connectivity index (χ0v) is 18.1. The van der Waals surface area contributed by atoms with Gasteiger partial charge in [0.2, 0.25) is 11.8 Å². The van der Waals surface area contributed by atoms with Gasteiger partial charge in [0.25, 0.3) is 10.0 Å². The number of primary sulfonamides is 1. The molecule has 1 aromatic heterocycles. The van der Waals surface area contributed by atoms with Gasteiger partial charge in [-0.25, -0.2) is 27.3 Å². The molecule has 7 nitrogen and oxygen atoms in total. The second-order valence-electron chi connectivity index (χ2n) is 8.61. The maximum Gasteiger partial charge on any atom is 0.404 e. The van der Waals surface area contributed by atoms with E-state index in [4.69, 9.17) is 5.14 Å². The average Bonchev–Trinajstić information content (AvgIpc) is 2.66. The van der Waals surface area contributed by atoms with Crippen LogP contribution in [0.25, 0.3) is 0 Å². The molecule has 3 unspecified atom stereocenters. The van der Waals surface area contributed by atoms with Crippen LogP contribution in [-0.4, -0.2) is 55.9 Å². The van der Waals surface area contributed by atoms with Crippen LogP contribution in [0, 0.1) is 17.8 Å². The van der Waals surface area contributed by atoms with Crippen LogP contribution in [0.2, 0.25) is 0 Å². The lowest BCUT2D eigenvalue weighted by molar-refractivity contribution is -0.200. The molecular formula is C19H25F5N4O3S. The molecule has 32 heavy (non-hydrogen) atoms. The number of anilines is 1. The Morgan fingerprint density at radius 3 is 2.47 bits per heavy atom. The van der Waals surface area contributed by atoms with Crippen molar-refractivity contribution in [1.29, 1.82) is 0 Å². The number of sulfonamides is 1. The molecule has 2 heterocycles. The van der Waals surface area contributed by atoms with Crippen LogP contribution in [0.15, 0.2) is 23.4 Å². The Hall–Kier alpha value is -1.86. The van der Waals surface area contributed by atoms with Crippen LogP contribution < -0.4 is 10.5 Å². The molecule has 0 radical (unpaired) electrons. The summed E-state index contributed by atoms with van der Waals surface area (Å²) in [6.45, 7) is -0.208. The van der Waals surface area contributed by atoms with E-state index in [0.717, 1.165) is 17.2 Å². The summed E-state index contributed by atoms with van der Waals surface area (Å²) in [5.41, 5.74) is 0.0727. The number of likely N-dealkylation sites (tertiary alicyclic amines) is 1. The molecule has 0 bridgehead atoms. The molecule has 1 amide bonds. The number of hydrogen-bond acceptors (Lipinski definition) is 5. The predicted octanol–water partition coefficient (Wildman–Crippen LogP) is 2.99. The molecule has 3 rings (SSSR count). The van der Waals surface area contributed by atoms with E-state index in [2.05, 4.69) is 10.3 Å². The fourth-order valence-corrected chi connectivity index (χ4v) is 5.22. The van der Waals surface area contributed by atoms with Gasteiger partial charge >= 0.3 is 6.18 Å². The van der Waals surface area contributed by atoms with E-state index in [1.807, 2.05) is 0 Å². The van der Waals surface area contributed by atoms with Crippen LogP contribution in [0.4, 0.5) is 27.6 Å². The molecule has 3 N–H and O–H groups in total. The number of halogens is 5. The van der Waals surface area contributed by atoms with Crippen molar-refractivity contribution < 1.29 is 35.2 Å². The molecule has 13 heteroatoms. The summed E-state index contributed by atoms with van der Waals surface area (Å²) < 4.78 is 90.9. The Morgan fingerprint density at radius 2 is 1.91 bits per heavy atom. The fraction of sp³-hybridized carbons (Fsp3) is 0.684. The third-order valence-corrected chi connectivity index (χ3v) is 7.21. The summed E-state index contributed by atoms with van der Waals surface area (Å²) in [5, 5.41) is 7.09. The SMILES string of the molecule is CN1CC(C(=O)Nc2ccnc(S(N)(=O)=O)c2)C(C2CCC(F)(F)CC2)CC1C(F)(F)F. The van der Waals surface area contributed by atoms with Gasteiger partial charge in [0.1, 0.15) is 6.04 Å². The van der Waals surface area contributed by atoms with Gasteiger partial charge < -0.3 is 5.32 Å². The van der Waals surface area contributed by atoms with Crippen LogP contribution in [0.3, 0.4) is 0 Å². The molecule has 2 aliphatic rings. The predicted molar refractivity (Wildman–Crippen MR) is 105 cm³/mol. The molecule has 1 saturated heterocycles. The zero-order chi connectivity index (χ0) is 23.9. The lowest BCUT2D eigenvalue weighted by Crippen LogP contribution is -2.56. The molecule has 1 aliphatic heterocycles. The van der Waals surface area contributed by atoms with E-state index in [-0.39, 0.29) is 31.5 Å². The quantitative estimate of drug-likeness (QED) is 0.640. The van der Waals surface area contributed by atoms with Gasteiger partial charge in [-0.1, -0.05) is 0 Å². The second-order valence-corrected chi connectivity index (χ2v) is 10.1. The number of rotatable bonds is 4. The Bertz CT molecular complexity index is 947. The van der Waals surface area contributed by atoms with E-state index >= 15 is 0 Å². The van der Waals surface area contributed by atoms with E-state index < -0.39 is 69.7 Å². The Balaban J connectivity index is 1.84. The standard InChI is InChI=1S/C19H25F5N4O3S/c1-28-10-14(17(29)27-12-4-7-26-16(8-12)32(25,30)31)13(9-15(28)19(22,23)24)11-2-5-18(20,21)6-3-11/h4,7-8,11,13-15H,2-3,5-6,9-10H2,1H3,(H2,25,30,31)(H,26,27,29). The lowest BCUT2D eigenvalue weighted by atomic mass is 9.68. The summed E-state index contributed by atoms with van der Waals surface area (Å²) in [7, 11) is -2.85. The first-order chi connectivity index (χ1) is 14.7. The normalized spacial score (nSPS) is 27.8. The number of nitrogens with zero attached hydrogens (tertiary/aromatic N) is 2. The van der Waals surface area contributed by atoms with Crippen molar-refractivity contribution in [3.8, 4) is 0 Å². The summed E-state index contributed by atoms with van der Waals surface area (Å²) in [4.78, 5) is 17.7. The number of pyridine rings is 1. The van der Waals surface area contributed by atoms with Crippen molar-refractivity contribution in [1.82, 2.24) is 9.88 Å². The number of nitrogens with one attached hydrogen (secondary N) is 1. The maximum atomic E-state index is 13.6. The Kier molecular flexibility index (Phi) is 6.83. The number of piperidine rings is 1. The first kappa shape index (κ1) is 24.8. The highest BCUT2D eigenvalue weighted by atomic mass is 32.2. The zero-order valence-electron chi connectivity index (χ0n) is 17.3. The molecule has 0 spiro atoms. The number of aromatic nitrogens is 1. The van der Waals surface area contributed by atoms with E-state index in [0.29, 0.717) is 0 Å². The summed E-state index contributed by atoms with van der Waals surface area (Å²) in [6.07, 6.45) is -4.51. The highest BCUT2D eigenvalue weighted by Crippen LogP contribution is 2.46. The van der Waals surface area contributed by atoms with Gasteiger partial charge in [-0.05, 0) is 44.2 Å². The Morgan fingerprint density at radius 1 is 1.28 bits per heavy atom. The molecule has 2 fully saturated rings. The lowest BCUT2D eigenvalue weighted by Gasteiger charge is -2.46. The minimum absolute atomic E-state index is 0.0422. The van der Waals surface area contributed by atoms with Gasteiger partial charge in [-0.15, -0.1) is 0 Å². The monoisotopic (exact) mass is 484 g/mol. The molecule has 1 aromatic rings. The summed E-state index contributed by atoms with van der Waals surface area (Å²) in [5.74, 6) is -5.52. The number of alkyl halides is 5. The van der Waals surface area contributed by atoms with Crippen molar-refractivity contribution in [3.05, 3.63) is 18.3 Å². The molecule has 0 aromatic carbocycles. The molecular weight excluding hydrogens is 459 g/mol. The first-order valence-corrected chi connectivity index (χ1v) is 11.7. The minimum Gasteiger partial charge on any atom is -0.326 e. The van der Waals surface area contributed by atoms with Crippen LogP contribution in [0.5, 0.6) is 0 Å². The van der Waals surface area contributed by atoms with Crippen molar-refractivity contribution in [2.45, 2.75) is 55.3 Å². The van der Waals surface area contributed by atoms with Crippen LogP contribution in [0.1, 0.15) is 32.1 Å². The smallest absolute Gasteiger partial charge is 0.326 e. The number of hydrogen-bond donors (Lipinski definition) is 2. The van der Waals surface area contributed by atoms with Crippen LogP contribution >= 0.6 is 0 Å². The van der Waals surface area contributed by atoms with Crippen molar-refractivity contribution in [2.24, 2.45) is 22.9 Å². The molecule has 180 valence electrons. The fourth-order valence-electron chi connectivity index (χ4n) is 4.73. The highest BCUT2D eigenvalue weighted by Gasteiger charge is 2.52. The Labute approximate surface area is 182 Å². The van der Waals surface area contributed by atoms with Gasteiger partial charge in [0.05, 0.1) is 5.92 Å². The molecule has 1 aliphatic carbocycles. The molecule has 1 saturated carbocycles. The van der Waals surface area contributed by atoms with Gasteiger partial charge in [-0.3, -0.25) is 9.69 Å². The summed E-state index contributed by atoms with van der Waals surface area (Å²) in [6, 6.07) is 0.608. The third-order valence-electron chi connectivity index (χ3n) is 6.40. The largest absolute Gasteiger partial charge is 0.404 e. The minimum atomic E-state index is -4.51. The molecule has 3 atom stereocenters. The summed E-state index contributed by atoms with van der Waals surface area (Å²) >= 11 is 0. The third kappa shape index (κ3) is 5.73. The van der Waals surface area contributed by atoms with Crippen molar-refractivity contribution in [3.63, 3.8) is 0 Å². The average molecular weight is 484 g/mol. The van der Waals surface area contributed by atoms with Crippen molar-refractivity contribution in [2.75, 3.05) is 18.9 Å². The number of nitrogens with two attached hydrogens (primary N) is 1. The van der Waals surface area contributed by atoms with E-state index in [1.54, 1.807) is 0 Å². The number of amides is 1. The van der Waals surface area contributed by atoms with Crippen LogP contribution in [-0.2, 0) is 14.8 Å². The van der Waals surface area contributed by atoms with Gasteiger partial charge in [0.15, 0.2) is 5.03 Å². The number of carbonyl (C=O) groups excluding carboxylic acids is 1. The van der Waals surface area contributed by atoms with E-state index in [1.165, 1.54) is 13.1 Å². The second kappa shape index (κ2) is 8.82. The number of carbonyl (C=O) groups is 1. The maximum absolute atomic E-state index is 13.6. The van der Waals surface area contributed by atoms with Gasteiger partial charge in [0, 0.05) is 37.3 Å². The highest BCUT2D eigenvalue weighted by molar-refractivity contribution is 7.89. The van der Waals surface area contributed by atoms with Crippen molar-refractivity contribution >= 4 is 21.6 Å². The van der Waals surface area contributed by atoms with E-state index in [9.17, 15) is 35.2 Å². The van der Waals surface area contributed by atoms with Gasteiger partial charge in [-0.2, -0.15) is 13.2 Å². The first-order valence-electron chi connectivity index (χ1n) is 10.1.